The van der Waals surface area contributed by atoms with Gasteiger partial charge in [0.05, 0.1) is 0 Å². The molecule has 0 bridgehead atoms. The first-order valence-corrected chi connectivity index (χ1v) is 9.47. The van der Waals surface area contributed by atoms with Crippen molar-refractivity contribution in [2.45, 2.75) is 0 Å². The van der Waals surface area contributed by atoms with E-state index in [1.165, 1.54) is 6.07 Å². The number of H-pyrrole nitrogens is 2. The van der Waals surface area contributed by atoms with Crippen molar-refractivity contribution in [3.05, 3.63) is 59.9 Å². The summed E-state index contributed by atoms with van der Waals surface area (Å²) in [5, 5.41) is 13.5. The summed E-state index contributed by atoms with van der Waals surface area (Å²) in [5.74, 6) is -0.558. The highest BCUT2D eigenvalue weighted by atomic mass is 16.5. The molecule has 0 saturated heterocycles. The van der Waals surface area contributed by atoms with E-state index in [2.05, 4.69) is 15.3 Å². The number of aromatic nitrogens is 2. The van der Waals surface area contributed by atoms with Crippen molar-refractivity contribution < 1.29 is 19.4 Å². The van der Waals surface area contributed by atoms with Gasteiger partial charge < -0.3 is 30.0 Å². The van der Waals surface area contributed by atoms with Crippen LogP contribution in [0.25, 0.3) is 21.8 Å². The van der Waals surface area contributed by atoms with E-state index >= 15 is 0 Å². The van der Waals surface area contributed by atoms with E-state index in [1.54, 1.807) is 24.3 Å². The van der Waals surface area contributed by atoms with Gasteiger partial charge in [0.15, 0.2) is 0 Å². The van der Waals surface area contributed by atoms with Crippen molar-refractivity contribution in [2.75, 3.05) is 32.6 Å². The summed E-state index contributed by atoms with van der Waals surface area (Å²) in [6.07, 6.45) is 0. The predicted molar refractivity (Wildman–Crippen MR) is 116 cm³/mol. The Morgan fingerprint density at radius 1 is 0.967 bits per heavy atom. The summed E-state index contributed by atoms with van der Waals surface area (Å²) in [6, 6.07) is 14.2. The van der Waals surface area contributed by atoms with Gasteiger partial charge in [-0.05, 0) is 62.6 Å². The quantitative estimate of drug-likeness (QED) is 0.375. The van der Waals surface area contributed by atoms with Crippen molar-refractivity contribution in [3.8, 4) is 5.75 Å². The van der Waals surface area contributed by atoms with E-state index in [9.17, 15) is 9.59 Å². The number of anilines is 1. The van der Waals surface area contributed by atoms with Crippen LogP contribution in [0.3, 0.4) is 0 Å². The molecule has 30 heavy (non-hydrogen) atoms. The molecule has 0 fully saturated rings. The average molecular weight is 406 g/mol. The van der Waals surface area contributed by atoms with E-state index in [0.717, 1.165) is 23.2 Å². The van der Waals surface area contributed by atoms with Gasteiger partial charge in [-0.15, -0.1) is 0 Å². The second kappa shape index (κ2) is 7.92. The van der Waals surface area contributed by atoms with Crippen LogP contribution in [0, 0.1) is 0 Å². The molecular formula is C22H22N4O4. The number of carbonyl (C=O) groups is 2. The molecule has 1 amide bonds. The number of carbonyl (C=O) groups excluding carboxylic acids is 1. The number of amides is 1. The fourth-order valence-corrected chi connectivity index (χ4v) is 3.19. The van der Waals surface area contributed by atoms with Crippen LogP contribution in [0.4, 0.5) is 5.69 Å². The monoisotopic (exact) mass is 406 g/mol. The number of ether oxygens (including phenoxy) is 1. The molecule has 0 spiro atoms. The van der Waals surface area contributed by atoms with Crippen LogP contribution >= 0.6 is 0 Å². The third-order valence-corrected chi connectivity index (χ3v) is 4.75. The van der Waals surface area contributed by atoms with Crippen LogP contribution in [-0.4, -0.2) is 59.1 Å². The van der Waals surface area contributed by atoms with E-state index in [-0.39, 0.29) is 11.6 Å². The van der Waals surface area contributed by atoms with Gasteiger partial charge in [0.25, 0.3) is 5.91 Å². The van der Waals surface area contributed by atoms with Crippen molar-refractivity contribution in [3.63, 3.8) is 0 Å². The maximum Gasteiger partial charge on any atom is 0.352 e. The van der Waals surface area contributed by atoms with Crippen molar-refractivity contribution in [1.82, 2.24) is 14.9 Å². The van der Waals surface area contributed by atoms with Crippen LogP contribution < -0.4 is 10.1 Å². The fourth-order valence-electron chi connectivity index (χ4n) is 3.19. The van der Waals surface area contributed by atoms with Gasteiger partial charge in [-0.3, -0.25) is 4.79 Å². The zero-order valence-corrected chi connectivity index (χ0v) is 16.7. The normalized spacial score (nSPS) is 11.3. The third-order valence-electron chi connectivity index (χ3n) is 4.75. The smallest absolute Gasteiger partial charge is 0.352 e. The van der Waals surface area contributed by atoms with Crippen LogP contribution in [0.15, 0.2) is 48.5 Å². The SMILES string of the molecule is CN(C)CCOc1ccc2[nH]c(C(=O)Nc3ccc4[nH]c(C(=O)O)cc4c3)cc2c1. The van der Waals surface area contributed by atoms with Crippen LogP contribution in [0.5, 0.6) is 5.75 Å². The molecule has 4 N–H and O–H groups in total. The molecule has 2 aromatic carbocycles. The minimum Gasteiger partial charge on any atom is -0.492 e. The number of carboxylic acid groups (broad SMARTS) is 1. The molecule has 0 unspecified atom stereocenters. The van der Waals surface area contributed by atoms with Gasteiger partial charge >= 0.3 is 5.97 Å². The molecule has 8 nitrogen and oxygen atoms in total. The van der Waals surface area contributed by atoms with Crippen molar-refractivity contribution in [2.24, 2.45) is 0 Å². The highest BCUT2D eigenvalue weighted by Gasteiger charge is 2.12. The molecule has 2 aromatic heterocycles. The Kier molecular flexibility index (Phi) is 5.16. The zero-order chi connectivity index (χ0) is 21.3. The Morgan fingerprint density at radius 2 is 1.63 bits per heavy atom. The minimum absolute atomic E-state index is 0.104. The molecule has 0 aliphatic rings. The van der Waals surface area contributed by atoms with Crippen molar-refractivity contribution in [1.29, 1.82) is 0 Å². The number of nitrogens with one attached hydrogen (secondary N) is 3. The highest BCUT2D eigenvalue weighted by molar-refractivity contribution is 6.07. The summed E-state index contributed by atoms with van der Waals surface area (Å²) >= 11 is 0. The lowest BCUT2D eigenvalue weighted by atomic mass is 10.2. The number of likely N-dealkylation sites (N-methyl/N-ethyl adjacent to an activating group) is 1. The van der Waals surface area contributed by atoms with Gasteiger partial charge in [0.2, 0.25) is 0 Å². The predicted octanol–water partition coefficient (Wildman–Crippen LogP) is 3.54. The lowest BCUT2D eigenvalue weighted by Gasteiger charge is -2.10. The minimum atomic E-state index is -1.03. The first-order valence-electron chi connectivity index (χ1n) is 9.47. The number of aromatic amines is 2. The molecule has 2 heterocycles. The Labute approximate surface area is 172 Å². The van der Waals surface area contributed by atoms with Gasteiger partial charge in [-0.25, -0.2) is 4.79 Å². The number of hydrogen-bond acceptors (Lipinski definition) is 4. The number of fused-ring (bicyclic) bond motifs is 2. The van der Waals surface area contributed by atoms with E-state index in [1.807, 2.05) is 37.2 Å². The van der Waals surface area contributed by atoms with Crippen LogP contribution in [-0.2, 0) is 0 Å². The molecule has 4 aromatic rings. The number of nitrogens with zero attached hydrogens (tertiary/aromatic N) is 1. The zero-order valence-electron chi connectivity index (χ0n) is 16.7. The lowest BCUT2D eigenvalue weighted by molar-refractivity contribution is 0.0691. The average Bonchev–Trinajstić information content (AvgIpc) is 3.31. The largest absolute Gasteiger partial charge is 0.492 e. The number of carboxylic acids is 1. The molecule has 4 rings (SSSR count). The Morgan fingerprint density at radius 3 is 2.37 bits per heavy atom. The molecule has 0 aliphatic heterocycles. The van der Waals surface area contributed by atoms with Crippen LogP contribution in [0.2, 0.25) is 0 Å². The molecular weight excluding hydrogens is 384 g/mol. The van der Waals surface area contributed by atoms with Crippen LogP contribution in [0.1, 0.15) is 21.0 Å². The lowest BCUT2D eigenvalue weighted by Crippen LogP contribution is -2.19. The van der Waals surface area contributed by atoms with Gasteiger partial charge in [0, 0.05) is 34.0 Å². The van der Waals surface area contributed by atoms with Gasteiger partial charge in [-0.1, -0.05) is 0 Å². The number of hydrogen-bond donors (Lipinski definition) is 4. The maximum atomic E-state index is 12.7. The Bertz CT molecular complexity index is 1240. The highest BCUT2D eigenvalue weighted by Crippen LogP contribution is 2.24. The van der Waals surface area contributed by atoms with Gasteiger partial charge in [-0.2, -0.15) is 0 Å². The summed E-state index contributed by atoms with van der Waals surface area (Å²) in [5.41, 5.74) is 2.64. The van der Waals surface area contributed by atoms with E-state index in [0.29, 0.717) is 28.9 Å². The maximum absolute atomic E-state index is 12.7. The molecule has 0 atom stereocenters. The topological polar surface area (TPSA) is 110 Å². The van der Waals surface area contributed by atoms with E-state index < -0.39 is 5.97 Å². The second-order valence-electron chi connectivity index (χ2n) is 7.33. The van der Waals surface area contributed by atoms with E-state index in [4.69, 9.17) is 9.84 Å². The summed E-state index contributed by atoms with van der Waals surface area (Å²) < 4.78 is 5.75. The molecule has 0 aliphatic carbocycles. The summed E-state index contributed by atoms with van der Waals surface area (Å²) in [6.45, 7) is 1.40. The molecule has 154 valence electrons. The fraction of sp³-hybridized carbons (Fsp3) is 0.182. The standard InChI is InChI=1S/C22H22N4O4/c1-26(2)7-8-30-16-4-6-18-14(10-16)11-19(24-18)21(27)23-15-3-5-17-13(9-15)12-20(25-17)22(28)29/h3-6,9-12,24-25H,7-8H2,1-2H3,(H,23,27)(H,28,29). The molecule has 0 saturated carbocycles. The first kappa shape index (κ1) is 19.5. The third kappa shape index (κ3) is 4.13. The Hall–Kier alpha value is -3.78. The first-order chi connectivity index (χ1) is 14.4. The summed E-state index contributed by atoms with van der Waals surface area (Å²) in [4.78, 5) is 31.8. The Balaban J connectivity index is 1.50. The second-order valence-corrected chi connectivity index (χ2v) is 7.33. The number of rotatable bonds is 7. The number of benzene rings is 2. The molecule has 8 heteroatoms. The van der Waals surface area contributed by atoms with Crippen molar-refractivity contribution >= 4 is 39.4 Å². The number of aromatic carboxylic acids is 1. The van der Waals surface area contributed by atoms with Gasteiger partial charge in [0.1, 0.15) is 23.7 Å². The summed E-state index contributed by atoms with van der Waals surface area (Å²) in [7, 11) is 3.98. The molecule has 0 radical (unpaired) electrons.